The third-order valence-corrected chi connectivity index (χ3v) is 6.23. The lowest BCUT2D eigenvalue weighted by atomic mass is 10.5. The normalized spacial score (nSPS) is 13.3. The molecule has 0 rings (SSSR count). The Balaban J connectivity index is 4.58. The van der Waals surface area contributed by atoms with E-state index in [1.807, 2.05) is 0 Å². The summed E-state index contributed by atoms with van der Waals surface area (Å²) < 4.78 is 81.6. The van der Waals surface area contributed by atoms with Crippen molar-refractivity contribution in [2.45, 2.75) is 27.2 Å². The molecule has 0 amide bonds. The molecular formula is C11H25O10PS2. The molecule has 10 nitrogen and oxygen atoms in total. The van der Waals surface area contributed by atoms with Gasteiger partial charge in [-0.2, -0.15) is 16.8 Å². The van der Waals surface area contributed by atoms with Crippen LogP contribution in [0.25, 0.3) is 0 Å². The molecule has 24 heavy (non-hydrogen) atoms. The smallest absolute Gasteiger partial charge is 0.287 e. The largest absolute Gasteiger partial charge is 0.474 e. The Morgan fingerprint density at radius 3 is 1.42 bits per heavy atom. The molecule has 0 spiro atoms. The van der Waals surface area contributed by atoms with E-state index in [-0.39, 0.29) is 19.8 Å². The Bertz CT molecular complexity index is 540. The maximum absolute atomic E-state index is 12.3. The summed E-state index contributed by atoms with van der Waals surface area (Å²) in [6.45, 7) is 3.78. The zero-order valence-corrected chi connectivity index (χ0v) is 16.5. The van der Waals surface area contributed by atoms with Gasteiger partial charge in [0.05, 0.1) is 44.5 Å². The highest BCUT2D eigenvalue weighted by molar-refractivity contribution is 7.87. The van der Waals surface area contributed by atoms with Crippen molar-refractivity contribution in [1.29, 1.82) is 0 Å². The Kier molecular flexibility index (Phi) is 11.5. The van der Waals surface area contributed by atoms with Gasteiger partial charge in [-0.05, 0) is 20.3 Å². The summed E-state index contributed by atoms with van der Waals surface area (Å²) in [6, 6.07) is 0. The van der Waals surface area contributed by atoms with Gasteiger partial charge in [0.15, 0.2) is 0 Å². The summed E-state index contributed by atoms with van der Waals surface area (Å²) in [5, 5.41) is 0. The van der Waals surface area contributed by atoms with Crippen LogP contribution in [-0.2, 0) is 46.7 Å². The molecule has 0 saturated carbocycles. The fraction of sp³-hybridized carbons (Fsp3) is 1.00. The standard InChI is InChI=1S/C11H25O10PS2/c1-4-7-17-22(12,18-8-10-23(13,14)20-5-2)19-9-11-24(15,16)21-6-3/h4-11H2,1-3H3. The van der Waals surface area contributed by atoms with E-state index in [9.17, 15) is 21.4 Å². The maximum atomic E-state index is 12.3. The molecule has 0 saturated heterocycles. The van der Waals surface area contributed by atoms with E-state index >= 15 is 0 Å². The molecule has 0 aliphatic rings. The first-order valence-corrected chi connectivity index (χ1v) is 12.0. The molecule has 0 fully saturated rings. The SMILES string of the molecule is CCCOP(=O)(OCCS(=O)(=O)OCC)OCCS(=O)(=O)OCC. The van der Waals surface area contributed by atoms with E-state index < -0.39 is 52.8 Å². The molecule has 0 unspecified atom stereocenters. The second-order valence-corrected chi connectivity index (χ2v) is 9.47. The van der Waals surface area contributed by atoms with Crippen molar-refractivity contribution in [2.24, 2.45) is 0 Å². The van der Waals surface area contributed by atoms with E-state index in [4.69, 9.17) is 13.6 Å². The molecule has 0 aromatic rings. The number of rotatable bonds is 15. The van der Waals surface area contributed by atoms with E-state index in [0.717, 1.165) is 0 Å². The van der Waals surface area contributed by atoms with Crippen molar-refractivity contribution >= 4 is 28.1 Å². The van der Waals surface area contributed by atoms with Crippen LogP contribution < -0.4 is 0 Å². The van der Waals surface area contributed by atoms with Gasteiger partial charge >= 0.3 is 7.82 Å². The first-order valence-electron chi connectivity index (χ1n) is 7.37. The van der Waals surface area contributed by atoms with Crippen molar-refractivity contribution in [3.8, 4) is 0 Å². The van der Waals surface area contributed by atoms with Crippen LogP contribution in [0.3, 0.4) is 0 Å². The van der Waals surface area contributed by atoms with Gasteiger partial charge in [0.2, 0.25) is 0 Å². The summed E-state index contributed by atoms with van der Waals surface area (Å²) in [4.78, 5) is 0. The number of hydrogen-bond acceptors (Lipinski definition) is 10. The molecule has 0 radical (unpaired) electrons. The second kappa shape index (κ2) is 11.5. The maximum Gasteiger partial charge on any atom is 0.474 e. The molecule has 146 valence electrons. The molecule has 0 atom stereocenters. The quantitative estimate of drug-likeness (QED) is 0.286. The van der Waals surface area contributed by atoms with Crippen LogP contribution in [0, 0.1) is 0 Å². The van der Waals surface area contributed by atoms with E-state index in [0.29, 0.717) is 6.42 Å². The summed E-state index contributed by atoms with van der Waals surface area (Å²) in [6.07, 6.45) is 0.505. The zero-order chi connectivity index (χ0) is 18.7. The molecule has 0 heterocycles. The minimum absolute atomic E-state index is 0.0296. The average Bonchev–Trinajstić information content (AvgIpc) is 2.44. The molecule has 0 aliphatic heterocycles. The molecular weight excluding hydrogens is 387 g/mol. The molecule has 0 bridgehead atoms. The Labute approximate surface area is 143 Å². The average molecular weight is 412 g/mol. The van der Waals surface area contributed by atoms with Crippen LogP contribution in [0.5, 0.6) is 0 Å². The van der Waals surface area contributed by atoms with Gasteiger partial charge in [-0.25, -0.2) is 4.57 Å². The minimum Gasteiger partial charge on any atom is -0.287 e. The molecule has 0 N–H and O–H groups in total. The van der Waals surface area contributed by atoms with E-state index in [1.54, 1.807) is 6.92 Å². The third-order valence-electron chi connectivity index (χ3n) is 2.21. The highest BCUT2D eigenvalue weighted by Crippen LogP contribution is 2.49. The predicted octanol–water partition coefficient (Wildman–Crippen LogP) is 1.29. The highest BCUT2D eigenvalue weighted by Gasteiger charge is 2.28. The van der Waals surface area contributed by atoms with Crippen molar-refractivity contribution in [2.75, 3.05) is 44.5 Å². The van der Waals surface area contributed by atoms with Crippen LogP contribution in [0.2, 0.25) is 0 Å². The van der Waals surface area contributed by atoms with E-state index in [2.05, 4.69) is 8.37 Å². The lowest BCUT2D eigenvalue weighted by Crippen LogP contribution is -2.17. The van der Waals surface area contributed by atoms with Crippen LogP contribution in [-0.4, -0.2) is 61.4 Å². The lowest BCUT2D eigenvalue weighted by molar-refractivity contribution is 0.122. The van der Waals surface area contributed by atoms with Crippen LogP contribution in [0.4, 0.5) is 0 Å². The minimum atomic E-state index is -4.09. The molecule has 0 aromatic carbocycles. The Morgan fingerprint density at radius 1 is 0.708 bits per heavy atom. The second-order valence-electron chi connectivity index (χ2n) is 4.28. The van der Waals surface area contributed by atoms with Crippen molar-refractivity contribution in [3.05, 3.63) is 0 Å². The lowest BCUT2D eigenvalue weighted by Gasteiger charge is -2.17. The van der Waals surface area contributed by atoms with Crippen molar-refractivity contribution in [3.63, 3.8) is 0 Å². The predicted molar refractivity (Wildman–Crippen MR) is 86.6 cm³/mol. The molecule has 13 heteroatoms. The van der Waals surface area contributed by atoms with Gasteiger partial charge < -0.3 is 0 Å². The van der Waals surface area contributed by atoms with Crippen molar-refractivity contribution in [1.82, 2.24) is 0 Å². The summed E-state index contributed by atoms with van der Waals surface area (Å²) >= 11 is 0. The van der Waals surface area contributed by atoms with Crippen LogP contribution in [0.15, 0.2) is 0 Å². The van der Waals surface area contributed by atoms with Gasteiger partial charge in [0.1, 0.15) is 0 Å². The zero-order valence-electron chi connectivity index (χ0n) is 14.0. The van der Waals surface area contributed by atoms with E-state index in [1.165, 1.54) is 13.8 Å². The fourth-order valence-electron chi connectivity index (χ4n) is 1.29. The number of phosphoric ester groups is 1. The van der Waals surface area contributed by atoms with Gasteiger partial charge in [0.25, 0.3) is 20.2 Å². The fourth-order valence-corrected chi connectivity index (χ4v) is 4.33. The Morgan fingerprint density at radius 2 is 1.08 bits per heavy atom. The van der Waals surface area contributed by atoms with Gasteiger partial charge in [-0.1, -0.05) is 6.92 Å². The summed E-state index contributed by atoms with van der Waals surface area (Å²) in [5.74, 6) is -1.08. The van der Waals surface area contributed by atoms with Crippen LogP contribution in [0.1, 0.15) is 27.2 Å². The topological polar surface area (TPSA) is 132 Å². The van der Waals surface area contributed by atoms with Crippen LogP contribution >= 0.6 is 7.82 Å². The molecule has 0 aliphatic carbocycles. The van der Waals surface area contributed by atoms with Gasteiger partial charge in [0, 0.05) is 0 Å². The Hall–Kier alpha value is -0.0700. The summed E-state index contributed by atoms with van der Waals surface area (Å²) in [7, 11) is -11.7. The molecule has 0 aromatic heterocycles. The first kappa shape index (κ1) is 23.9. The highest BCUT2D eigenvalue weighted by atomic mass is 32.2. The first-order chi connectivity index (χ1) is 11.1. The third kappa shape index (κ3) is 11.5. The monoisotopic (exact) mass is 412 g/mol. The number of phosphoric acid groups is 1. The van der Waals surface area contributed by atoms with Gasteiger partial charge in [-0.3, -0.25) is 21.9 Å². The number of hydrogen-bond donors (Lipinski definition) is 0. The summed E-state index contributed by atoms with van der Waals surface area (Å²) in [5.41, 5.74) is 0. The van der Waals surface area contributed by atoms with Crippen molar-refractivity contribution < 1.29 is 43.3 Å². The van der Waals surface area contributed by atoms with Gasteiger partial charge in [-0.15, -0.1) is 0 Å².